The van der Waals surface area contributed by atoms with Crippen molar-refractivity contribution in [3.63, 3.8) is 0 Å². The maximum atomic E-state index is 13.3. The summed E-state index contributed by atoms with van der Waals surface area (Å²) in [7, 11) is 1.28. The van der Waals surface area contributed by atoms with E-state index in [1.807, 2.05) is 0 Å². The molecule has 0 bridgehead atoms. The molecule has 1 aromatic heterocycles. The lowest BCUT2D eigenvalue weighted by Crippen LogP contribution is -2.12. The second kappa shape index (κ2) is 8.47. The van der Waals surface area contributed by atoms with E-state index in [1.165, 1.54) is 37.6 Å². The summed E-state index contributed by atoms with van der Waals surface area (Å²) in [5.74, 6) is -0.137. The average Bonchev–Trinajstić information content (AvgIpc) is 3.32. The molecule has 172 valence electrons. The highest BCUT2D eigenvalue weighted by molar-refractivity contribution is 5.87. The molecule has 1 unspecified atom stereocenters. The van der Waals surface area contributed by atoms with Gasteiger partial charge in [-0.05, 0) is 47.5 Å². The fraction of sp³-hybridized carbons (Fsp3) is 0.154. The van der Waals surface area contributed by atoms with E-state index in [4.69, 9.17) is 18.6 Å². The van der Waals surface area contributed by atoms with Gasteiger partial charge < -0.3 is 28.8 Å². The molecule has 0 radical (unpaired) electrons. The Balaban J connectivity index is 1.70. The minimum atomic E-state index is -0.687. The number of rotatable bonds is 5. The van der Waals surface area contributed by atoms with Crippen molar-refractivity contribution in [2.45, 2.75) is 12.3 Å². The van der Waals surface area contributed by atoms with Crippen molar-refractivity contribution in [3.8, 4) is 34.1 Å². The van der Waals surface area contributed by atoms with Crippen LogP contribution >= 0.6 is 0 Å². The number of aromatic hydroxyl groups is 2. The van der Waals surface area contributed by atoms with Crippen LogP contribution in [0.4, 0.5) is 0 Å². The average molecular weight is 460 g/mol. The van der Waals surface area contributed by atoms with Crippen LogP contribution < -0.4 is 14.9 Å². The van der Waals surface area contributed by atoms with Gasteiger partial charge in [0, 0.05) is 11.5 Å². The Morgan fingerprint density at radius 2 is 1.79 bits per heavy atom. The molecule has 0 aliphatic carbocycles. The van der Waals surface area contributed by atoms with Crippen molar-refractivity contribution in [3.05, 3.63) is 82.2 Å². The first-order valence-electron chi connectivity index (χ1n) is 10.5. The molecule has 0 saturated carbocycles. The summed E-state index contributed by atoms with van der Waals surface area (Å²) >= 11 is 0. The SMILES string of the molecule is COC(=O)CC(c1ccc2c(c1)OCO2)c1c(O)ccc2c(=O)c(-c3ccc(O)cc3)coc12. The first kappa shape index (κ1) is 21.4. The minimum Gasteiger partial charge on any atom is -0.508 e. The lowest BCUT2D eigenvalue weighted by atomic mass is 9.86. The molecule has 0 amide bonds. The van der Waals surface area contributed by atoms with Gasteiger partial charge in [0.25, 0.3) is 0 Å². The predicted octanol–water partition coefficient (Wildman–Crippen LogP) is 4.29. The van der Waals surface area contributed by atoms with E-state index in [2.05, 4.69) is 0 Å². The van der Waals surface area contributed by atoms with Crippen molar-refractivity contribution in [1.82, 2.24) is 0 Å². The van der Waals surface area contributed by atoms with Crippen molar-refractivity contribution >= 4 is 16.9 Å². The third-order valence-electron chi connectivity index (χ3n) is 5.88. The molecule has 34 heavy (non-hydrogen) atoms. The van der Waals surface area contributed by atoms with Gasteiger partial charge >= 0.3 is 5.97 Å². The van der Waals surface area contributed by atoms with Gasteiger partial charge in [-0.2, -0.15) is 0 Å². The van der Waals surface area contributed by atoms with Crippen LogP contribution in [0.15, 0.2) is 70.1 Å². The van der Waals surface area contributed by atoms with Crippen LogP contribution in [0.25, 0.3) is 22.1 Å². The second-order valence-electron chi connectivity index (χ2n) is 7.85. The van der Waals surface area contributed by atoms with E-state index in [9.17, 15) is 19.8 Å². The van der Waals surface area contributed by atoms with Gasteiger partial charge in [0.05, 0.1) is 24.5 Å². The summed E-state index contributed by atoms with van der Waals surface area (Å²) in [6.07, 6.45) is 1.21. The molecule has 8 heteroatoms. The number of phenols is 2. The molecule has 0 saturated heterocycles. The summed E-state index contributed by atoms with van der Waals surface area (Å²) < 4.78 is 21.6. The van der Waals surface area contributed by atoms with E-state index >= 15 is 0 Å². The Labute approximate surface area is 193 Å². The van der Waals surface area contributed by atoms with Crippen LogP contribution in [0.5, 0.6) is 23.0 Å². The maximum absolute atomic E-state index is 13.3. The van der Waals surface area contributed by atoms with Gasteiger partial charge in [-0.25, -0.2) is 0 Å². The van der Waals surface area contributed by atoms with E-state index in [0.29, 0.717) is 28.2 Å². The maximum Gasteiger partial charge on any atom is 0.306 e. The molecule has 0 spiro atoms. The summed E-state index contributed by atoms with van der Waals surface area (Å²) in [5, 5.41) is 20.6. The van der Waals surface area contributed by atoms with Gasteiger partial charge in [-0.1, -0.05) is 18.2 Å². The third kappa shape index (κ3) is 3.69. The zero-order chi connectivity index (χ0) is 23.8. The van der Waals surface area contributed by atoms with Crippen LogP contribution in [0.3, 0.4) is 0 Å². The van der Waals surface area contributed by atoms with E-state index < -0.39 is 11.9 Å². The summed E-state index contributed by atoms with van der Waals surface area (Å²) in [5.41, 5.74) is 1.68. The highest BCUT2D eigenvalue weighted by Crippen LogP contribution is 2.42. The predicted molar refractivity (Wildman–Crippen MR) is 122 cm³/mol. The number of carbonyl (C=O) groups excluding carboxylic acids is 1. The van der Waals surface area contributed by atoms with Crippen molar-refractivity contribution in [2.24, 2.45) is 0 Å². The second-order valence-corrected chi connectivity index (χ2v) is 7.85. The Morgan fingerprint density at radius 1 is 1.03 bits per heavy atom. The molecule has 3 aromatic carbocycles. The minimum absolute atomic E-state index is 0.0792. The zero-order valence-corrected chi connectivity index (χ0v) is 18.1. The Kier molecular flexibility index (Phi) is 5.33. The van der Waals surface area contributed by atoms with Crippen LogP contribution in [-0.4, -0.2) is 30.1 Å². The highest BCUT2D eigenvalue weighted by atomic mass is 16.7. The lowest BCUT2D eigenvalue weighted by Gasteiger charge is -2.20. The molecular formula is C26H20O8. The number of esters is 1. The number of carbonyl (C=O) groups is 1. The Bertz CT molecular complexity index is 1450. The number of fused-ring (bicyclic) bond motifs is 2. The normalized spacial score (nSPS) is 13.1. The summed E-state index contributed by atoms with van der Waals surface area (Å²) in [4.78, 5) is 25.6. The quantitative estimate of drug-likeness (QED) is 0.424. The van der Waals surface area contributed by atoms with Gasteiger partial charge in [0.15, 0.2) is 11.5 Å². The molecule has 8 nitrogen and oxygen atoms in total. The van der Waals surface area contributed by atoms with Gasteiger partial charge in [0.2, 0.25) is 12.2 Å². The van der Waals surface area contributed by atoms with Crippen LogP contribution in [-0.2, 0) is 9.53 Å². The molecule has 1 aliphatic rings. The van der Waals surface area contributed by atoms with Gasteiger partial charge in [-0.15, -0.1) is 0 Å². The number of ether oxygens (including phenoxy) is 3. The lowest BCUT2D eigenvalue weighted by molar-refractivity contribution is -0.140. The topological polar surface area (TPSA) is 115 Å². The van der Waals surface area contributed by atoms with Crippen LogP contribution in [0.1, 0.15) is 23.5 Å². The molecule has 5 rings (SSSR count). The number of hydrogen-bond donors (Lipinski definition) is 2. The van der Waals surface area contributed by atoms with E-state index in [-0.39, 0.29) is 46.7 Å². The summed E-state index contributed by atoms with van der Waals surface area (Å²) in [6, 6.07) is 14.3. The standard InChI is InChI=1S/C26H20O8/c1-31-23(29)11-18(15-4-9-21-22(10-15)34-13-33-21)24-20(28)8-7-17-25(30)19(12-32-26(17)24)14-2-5-16(27)6-3-14/h2-10,12,18,27-28H,11,13H2,1H3. The number of phenolic OH excluding ortho intramolecular Hbond substituents is 2. The van der Waals surface area contributed by atoms with Gasteiger partial charge in [0.1, 0.15) is 23.3 Å². The first-order chi connectivity index (χ1) is 16.5. The Hall–Kier alpha value is -4.46. The molecular weight excluding hydrogens is 440 g/mol. The van der Waals surface area contributed by atoms with Crippen molar-refractivity contribution in [1.29, 1.82) is 0 Å². The van der Waals surface area contributed by atoms with Crippen LogP contribution in [0.2, 0.25) is 0 Å². The van der Waals surface area contributed by atoms with Gasteiger partial charge in [-0.3, -0.25) is 9.59 Å². The Morgan fingerprint density at radius 3 is 2.56 bits per heavy atom. The molecule has 0 fully saturated rings. The number of hydrogen-bond acceptors (Lipinski definition) is 8. The van der Waals surface area contributed by atoms with E-state index in [0.717, 1.165) is 0 Å². The molecule has 2 N–H and O–H groups in total. The molecule has 1 atom stereocenters. The smallest absolute Gasteiger partial charge is 0.306 e. The largest absolute Gasteiger partial charge is 0.508 e. The molecule has 1 aliphatic heterocycles. The monoisotopic (exact) mass is 460 g/mol. The highest BCUT2D eigenvalue weighted by Gasteiger charge is 2.28. The fourth-order valence-corrected chi connectivity index (χ4v) is 4.15. The van der Waals surface area contributed by atoms with E-state index in [1.54, 1.807) is 30.3 Å². The van der Waals surface area contributed by atoms with Crippen molar-refractivity contribution in [2.75, 3.05) is 13.9 Å². The fourth-order valence-electron chi connectivity index (χ4n) is 4.15. The number of methoxy groups -OCH3 is 1. The molecule has 4 aromatic rings. The first-order valence-corrected chi connectivity index (χ1v) is 10.5. The van der Waals surface area contributed by atoms with Crippen molar-refractivity contribution < 1.29 is 33.6 Å². The zero-order valence-electron chi connectivity index (χ0n) is 18.1. The number of benzene rings is 3. The third-order valence-corrected chi connectivity index (χ3v) is 5.88. The molecule has 2 heterocycles. The summed E-state index contributed by atoms with van der Waals surface area (Å²) in [6.45, 7) is 0.0921. The van der Waals surface area contributed by atoms with Crippen LogP contribution in [0, 0.1) is 0 Å².